The predicted molar refractivity (Wildman–Crippen MR) is 85.6 cm³/mol. The summed E-state index contributed by atoms with van der Waals surface area (Å²) in [4.78, 5) is 2.41. The van der Waals surface area contributed by atoms with Crippen molar-refractivity contribution >= 4 is 17.3 Å². The fourth-order valence-corrected chi connectivity index (χ4v) is 2.78. The lowest BCUT2D eigenvalue weighted by atomic mass is 10.0. The highest BCUT2D eigenvalue weighted by atomic mass is 35.5. The van der Waals surface area contributed by atoms with Gasteiger partial charge in [0.15, 0.2) is 0 Å². The molecule has 1 heterocycles. The van der Waals surface area contributed by atoms with Crippen LogP contribution in [0.5, 0.6) is 0 Å². The fraction of sp³-hybridized carbons (Fsp3) is 0.625. The van der Waals surface area contributed by atoms with Crippen LogP contribution in [0, 0.1) is 0 Å². The van der Waals surface area contributed by atoms with Gasteiger partial charge in [0.1, 0.15) is 0 Å². The van der Waals surface area contributed by atoms with Crippen molar-refractivity contribution in [1.82, 2.24) is 5.32 Å². The Bertz CT molecular complexity index is 388. The fourth-order valence-electron chi connectivity index (χ4n) is 2.65. The number of aliphatic hydroxyl groups excluding tert-OH is 1. The summed E-state index contributed by atoms with van der Waals surface area (Å²) in [5.74, 6) is 0. The lowest BCUT2D eigenvalue weighted by Gasteiger charge is -2.34. The number of hydrogen-bond acceptors (Lipinski definition) is 3. The van der Waals surface area contributed by atoms with E-state index < -0.39 is 0 Å². The topological polar surface area (TPSA) is 35.5 Å². The summed E-state index contributed by atoms with van der Waals surface area (Å²) in [6.07, 6.45) is 3.86. The number of aliphatic hydroxyl groups is 1. The van der Waals surface area contributed by atoms with Crippen molar-refractivity contribution in [2.75, 3.05) is 24.5 Å². The van der Waals surface area contributed by atoms with E-state index in [2.05, 4.69) is 22.3 Å². The Morgan fingerprint density at radius 1 is 1.30 bits per heavy atom. The van der Waals surface area contributed by atoms with E-state index in [1.807, 2.05) is 19.1 Å². The molecule has 0 radical (unpaired) electrons. The maximum Gasteiger partial charge on any atom is 0.0549 e. The predicted octanol–water partition coefficient (Wildman–Crippen LogP) is 3.06. The van der Waals surface area contributed by atoms with Gasteiger partial charge in [-0.3, -0.25) is 0 Å². The molecule has 2 N–H and O–H groups in total. The Kier molecular flexibility index (Phi) is 6.14. The van der Waals surface area contributed by atoms with Gasteiger partial charge in [-0.1, -0.05) is 18.5 Å². The molecular formula is C16H25ClN2O. The zero-order valence-corrected chi connectivity index (χ0v) is 12.9. The van der Waals surface area contributed by atoms with Crippen LogP contribution < -0.4 is 10.2 Å². The number of nitrogens with one attached hydrogen (secondary N) is 1. The van der Waals surface area contributed by atoms with Crippen molar-refractivity contribution < 1.29 is 5.11 Å². The number of piperidine rings is 1. The van der Waals surface area contributed by atoms with Crippen molar-refractivity contribution in [3.63, 3.8) is 0 Å². The SMILES string of the molecule is CCC(O)CCNC1CCN(c2ccc(Cl)cc2)CC1. The number of halogens is 1. The molecule has 1 saturated heterocycles. The number of anilines is 1. The van der Waals surface area contributed by atoms with Crippen LogP contribution in [0.3, 0.4) is 0 Å². The average Bonchev–Trinajstić information content (AvgIpc) is 2.48. The molecule has 1 fully saturated rings. The maximum atomic E-state index is 9.54. The van der Waals surface area contributed by atoms with Crippen molar-refractivity contribution in [3.05, 3.63) is 29.3 Å². The van der Waals surface area contributed by atoms with E-state index in [4.69, 9.17) is 11.6 Å². The Labute approximate surface area is 126 Å². The summed E-state index contributed by atoms with van der Waals surface area (Å²) in [5.41, 5.74) is 1.26. The zero-order valence-electron chi connectivity index (χ0n) is 12.2. The van der Waals surface area contributed by atoms with Gasteiger partial charge in [-0.25, -0.2) is 0 Å². The van der Waals surface area contributed by atoms with Gasteiger partial charge < -0.3 is 15.3 Å². The molecule has 1 aliphatic heterocycles. The quantitative estimate of drug-likeness (QED) is 0.847. The standard InChI is InChI=1S/C16H25ClN2O/c1-2-16(20)7-10-18-14-8-11-19(12-9-14)15-5-3-13(17)4-6-15/h3-6,14,16,18,20H,2,7-12H2,1H3. The van der Waals surface area contributed by atoms with Gasteiger partial charge in [0.25, 0.3) is 0 Å². The Hall–Kier alpha value is -0.770. The lowest BCUT2D eigenvalue weighted by Crippen LogP contribution is -2.43. The minimum absolute atomic E-state index is 0.156. The second kappa shape index (κ2) is 7.87. The molecule has 0 aliphatic carbocycles. The van der Waals surface area contributed by atoms with E-state index in [1.54, 1.807) is 0 Å². The maximum absolute atomic E-state index is 9.54. The molecule has 0 saturated carbocycles. The monoisotopic (exact) mass is 296 g/mol. The third-order valence-corrected chi connectivity index (χ3v) is 4.32. The zero-order chi connectivity index (χ0) is 14.4. The highest BCUT2D eigenvalue weighted by Gasteiger charge is 2.18. The van der Waals surface area contributed by atoms with E-state index in [0.717, 1.165) is 50.3 Å². The third kappa shape index (κ3) is 4.65. The van der Waals surface area contributed by atoms with Crippen LogP contribution in [0.15, 0.2) is 24.3 Å². The van der Waals surface area contributed by atoms with Gasteiger partial charge in [0, 0.05) is 29.8 Å². The van der Waals surface area contributed by atoms with Gasteiger partial charge in [-0.15, -0.1) is 0 Å². The summed E-state index contributed by atoms with van der Waals surface area (Å²) < 4.78 is 0. The first-order valence-corrected chi connectivity index (χ1v) is 7.98. The smallest absolute Gasteiger partial charge is 0.0549 e. The van der Waals surface area contributed by atoms with E-state index in [-0.39, 0.29) is 6.10 Å². The van der Waals surface area contributed by atoms with E-state index in [1.165, 1.54) is 5.69 Å². The first-order valence-electron chi connectivity index (χ1n) is 7.61. The highest BCUT2D eigenvalue weighted by Crippen LogP contribution is 2.22. The molecule has 0 aromatic heterocycles. The van der Waals surface area contributed by atoms with Crippen LogP contribution in [0.25, 0.3) is 0 Å². The summed E-state index contributed by atoms with van der Waals surface area (Å²) in [6.45, 7) is 5.10. The normalized spacial score (nSPS) is 18.2. The lowest BCUT2D eigenvalue weighted by molar-refractivity contribution is 0.158. The molecule has 1 atom stereocenters. The van der Waals surface area contributed by atoms with Gasteiger partial charge in [-0.05, 0) is 56.5 Å². The van der Waals surface area contributed by atoms with Gasteiger partial charge in [-0.2, -0.15) is 0 Å². The summed E-state index contributed by atoms with van der Waals surface area (Å²) >= 11 is 5.92. The third-order valence-electron chi connectivity index (χ3n) is 4.07. The van der Waals surface area contributed by atoms with E-state index in [9.17, 15) is 5.11 Å². The van der Waals surface area contributed by atoms with Crippen LogP contribution in [0.1, 0.15) is 32.6 Å². The van der Waals surface area contributed by atoms with Crippen molar-refractivity contribution in [2.24, 2.45) is 0 Å². The van der Waals surface area contributed by atoms with Crippen molar-refractivity contribution in [1.29, 1.82) is 0 Å². The first kappa shape index (κ1) is 15.6. The molecule has 1 aliphatic rings. The molecular weight excluding hydrogens is 272 g/mol. The van der Waals surface area contributed by atoms with E-state index in [0.29, 0.717) is 6.04 Å². The summed E-state index contributed by atoms with van der Waals surface area (Å²) in [5, 5.41) is 13.9. The second-order valence-corrected chi connectivity index (χ2v) is 5.98. The first-order chi connectivity index (χ1) is 9.69. The van der Waals surface area contributed by atoms with Crippen LogP contribution in [0.2, 0.25) is 5.02 Å². The number of rotatable bonds is 6. The minimum atomic E-state index is -0.156. The minimum Gasteiger partial charge on any atom is -0.393 e. The Morgan fingerprint density at radius 2 is 1.95 bits per heavy atom. The number of benzene rings is 1. The molecule has 20 heavy (non-hydrogen) atoms. The molecule has 3 nitrogen and oxygen atoms in total. The molecule has 112 valence electrons. The van der Waals surface area contributed by atoms with Crippen LogP contribution in [-0.4, -0.2) is 36.9 Å². The number of nitrogens with zero attached hydrogens (tertiary/aromatic N) is 1. The van der Waals surface area contributed by atoms with E-state index >= 15 is 0 Å². The molecule has 1 aromatic rings. The van der Waals surface area contributed by atoms with Crippen LogP contribution >= 0.6 is 11.6 Å². The van der Waals surface area contributed by atoms with Gasteiger partial charge in [0.2, 0.25) is 0 Å². The Morgan fingerprint density at radius 3 is 2.55 bits per heavy atom. The molecule has 1 aromatic carbocycles. The highest BCUT2D eigenvalue weighted by molar-refractivity contribution is 6.30. The van der Waals surface area contributed by atoms with Gasteiger partial charge in [0.05, 0.1) is 6.10 Å². The molecule has 0 bridgehead atoms. The molecule has 0 spiro atoms. The van der Waals surface area contributed by atoms with Crippen molar-refractivity contribution in [2.45, 2.75) is 44.8 Å². The average molecular weight is 297 g/mol. The molecule has 1 unspecified atom stereocenters. The molecule has 0 amide bonds. The number of hydrogen-bond donors (Lipinski definition) is 2. The largest absolute Gasteiger partial charge is 0.393 e. The Balaban J connectivity index is 1.71. The molecule has 2 rings (SSSR count). The molecule has 4 heteroatoms. The summed E-state index contributed by atoms with van der Waals surface area (Å²) in [6, 6.07) is 8.67. The van der Waals surface area contributed by atoms with Crippen molar-refractivity contribution in [3.8, 4) is 0 Å². The summed E-state index contributed by atoms with van der Waals surface area (Å²) in [7, 11) is 0. The second-order valence-electron chi connectivity index (χ2n) is 5.54. The van der Waals surface area contributed by atoms with Gasteiger partial charge >= 0.3 is 0 Å². The van der Waals surface area contributed by atoms with Crippen LogP contribution in [0.4, 0.5) is 5.69 Å². The van der Waals surface area contributed by atoms with Crippen LogP contribution in [-0.2, 0) is 0 Å².